The summed E-state index contributed by atoms with van der Waals surface area (Å²) in [4.78, 5) is 9.97. The molecule has 0 fully saturated rings. The summed E-state index contributed by atoms with van der Waals surface area (Å²) in [5.74, 6) is -3.52. The lowest BCUT2D eigenvalue weighted by molar-refractivity contribution is -0.139. The van der Waals surface area contributed by atoms with Crippen molar-refractivity contribution >= 4 is 31.9 Å². The highest BCUT2D eigenvalue weighted by atomic mass is 79.9. The third-order valence-electron chi connectivity index (χ3n) is 2.44. The number of carbonyl (C=O) groups is 1. The Morgan fingerprint density at radius 2 is 2.00 bits per heavy atom. The minimum Gasteiger partial charge on any atom is -0.480 e. The van der Waals surface area contributed by atoms with Crippen LogP contribution in [0.25, 0.3) is 0 Å². The zero-order chi connectivity index (χ0) is 15.5. The number of hydrogen-bond donors (Lipinski definition) is 2. The molecule has 5 nitrogen and oxygen atoms in total. The maximum absolute atomic E-state index is 13.6. The lowest BCUT2D eigenvalue weighted by Crippen LogP contribution is -2.40. The molecule has 112 valence electrons. The van der Waals surface area contributed by atoms with E-state index in [1.807, 2.05) is 4.72 Å². The molecule has 1 rings (SSSR count). The van der Waals surface area contributed by atoms with Crippen LogP contribution in [0.15, 0.2) is 21.5 Å². The molecule has 0 spiro atoms. The van der Waals surface area contributed by atoms with Gasteiger partial charge in [0.05, 0.1) is 4.47 Å². The molecule has 0 aliphatic rings. The quantitative estimate of drug-likeness (QED) is 0.751. The number of carboxylic acid groups (broad SMARTS) is 1. The molecule has 20 heavy (non-hydrogen) atoms. The predicted octanol–water partition coefficient (Wildman–Crippen LogP) is 2.26. The summed E-state index contributed by atoms with van der Waals surface area (Å²) in [6, 6.07) is -0.234. The summed E-state index contributed by atoms with van der Waals surface area (Å²) in [6.07, 6.45) is 0.450. The molecule has 9 heteroatoms. The van der Waals surface area contributed by atoms with Gasteiger partial charge in [-0.05, 0) is 34.5 Å². The maximum atomic E-state index is 13.6. The Hall–Kier alpha value is -1.06. The number of sulfonamides is 1. The van der Waals surface area contributed by atoms with Gasteiger partial charge in [0, 0.05) is 0 Å². The van der Waals surface area contributed by atoms with E-state index < -0.39 is 38.6 Å². The van der Waals surface area contributed by atoms with Crippen LogP contribution in [0.3, 0.4) is 0 Å². The van der Waals surface area contributed by atoms with Crippen molar-refractivity contribution in [2.24, 2.45) is 0 Å². The van der Waals surface area contributed by atoms with Crippen LogP contribution in [-0.2, 0) is 14.8 Å². The number of rotatable bonds is 6. The van der Waals surface area contributed by atoms with Crippen molar-refractivity contribution in [1.82, 2.24) is 4.72 Å². The summed E-state index contributed by atoms with van der Waals surface area (Å²) in [5.41, 5.74) is 0. The molecule has 0 aromatic heterocycles. The molecule has 1 aromatic rings. The van der Waals surface area contributed by atoms with Gasteiger partial charge in [-0.3, -0.25) is 4.79 Å². The van der Waals surface area contributed by atoms with E-state index in [9.17, 15) is 22.0 Å². The molecular formula is C11H12BrF2NO4S. The molecule has 0 saturated heterocycles. The number of nitrogens with one attached hydrogen (secondary N) is 1. The number of hydrogen-bond acceptors (Lipinski definition) is 3. The fourth-order valence-corrected chi connectivity index (χ4v) is 3.09. The fraction of sp³-hybridized carbons (Fsp3) is 0.364. The SMILES string of the molecule is CCCC(NS(=O)(=O)c1cc(F)c(Br)cc1F)C(=O)O. The monoisotopic (exact) mass is 371 g/mol. The molecule has 2 N–H and O–H groups in total. The topological polar surface area (TPSA) is 83.5 Å². The van der Waals surface area contributed by atoms with E-state index in [1.54, 1.807) is 6.92 Å². The first-order chi connectivity index (χ1) is 9.19. The van der Waals surface area contributed by atoms with E-state index in [2.05, 4.69) is 15.9 Å². The standard InChI is InChI=1S/C11H12BrF2NO4S/c1-2-3-9(11(16)17)15-20(18,19)10-5-7(13)6(12)4-8(10)14/h4-5,9,15H,2-3H2,1H3,(H,16,17). The lowest BCUT2D eigenvalue weighted by atomic mass is 10.2. The molecule has 0 saturated carbocycles. The van der Waals surface area contributed by atoms with Gasteiger partial charge in [-0.1, -0.05) is 13.3 Å². The molecule has 0 aliphatic carbocycles. The molecule has 1 unspecified atom stereocenters. The summed E-state index contributed by atoms with van der Waals surface area (Å²) < 4.78 is 52.4. The minimum atomic E-state index is -4.46. The molecule has 0 aliphatic heterocycles. The van der Waals surface area contributed by atoms with E-state index in [1.165, 1.54) is 0 Å². The van der Waals surface area contributed by atoms with Gasteiger partial charge in [-0.25, -0.2) is 17.2 Å². The first kappa shape index (κ1) is 17.0. The van der Waals surface area contributed by atoms with Crippen molar-refractivity contribution in [2.45, 2.75) is 30.7 Å². The Balaban J connectivity index is 3.17. The molecule has 0 radical (unpaired) electrons. The third-order valence-corrected chi connectivity index (χ3v) is 4.53. The van der Waals surface area contributed by atoms with Crippen molar-refractivity contribution in [2.75, 3.05) is 0 Å². The summed E-state index contributed by atoms with van der Waals surface area (Å²) in [7, 11) is -4.46. The Kier molecular flexibility index (Phi) is 5.60. The second-order valence-corrected chi connectivity index (χ2v) is 6.53. The van der Waals surface area contributed by atoms with Crippen molar-refractivity contribution in [1.29, 1.82) is 0 Å². The average Bonchev–Trinajstić information content (AvgIpc) is 2.32. The Morgan fingerprint density at radius 3 is 2.50 bits per heavy atom. The Labute approximate surface area is 123 Å². The van der Waals surface area contributed by atoms with Gasteiger partial charge in [0.1, 0.15) is 22.6 Å². The van der Waals surface area contributed by atoms with Crippen LogP contribution in [0.4, 0.5) is 8.78 Å². The molecule has 1 atom stereocenters. The average molecular weight is 372 g/mol. The summed E-state index contributed by atoms with van der Waals surface area (Å²) in [5, 5.41) is 8.88. The van der Waals surface area contributed by atoms with E-state index in [0.717, 1.165) is 0 Å². The van der Waals surface area contributed by atoms with Gasteiger partial charge in [0.2, 0.25) is 10.0 Å². The third kappa shape index (κ3) is 3.97. The van der Waals surface area contributed by atoms with E-state index >= 15 is 0 Å². The van der Waals surface area contributed by atoms with Crippen LogP contribution in [0.5, 0.6) is 0 Å². The first-order valence-corrected chi connectivity index (χ1v) is 7.86. The van der Waals surface area contributed by atoms with Gasteiger partial charge < -0.3 is 5.11 Å². The molecule has 0 amide bonds. The molecule has 0 heterocycles. The largest absolute Gasteiger partial charge is 0.480 e. The highest BCUT2D eigenvalue weighted by molar-refractivity contribution is 9.10. The van der Waals surface area contributed by atoms with Crippen LogP contribution in [0, 0.1) is 11.6 Å². The van der Waals surface area contributed by atoms with Gasteiger partial charge >= 0.3 is 5.97 Å². The second kappa shape index (κ2) is 6.59. The molecular weight excluding hydrogens is 360 g/mol. The first-order valence-electron chi connectivity index (χ1n) is 5.58. The number of halogens is 3. The summed E-state index contributed by atoms with van der Waals surface area (Å²) in [6.45, 7) is 1.67. The zero-order valence-corrected chi connectivity index (χ0v) is 12.8. The zero-order valence-electron chi connectivity index (χ0n) is 10.4. The van der Waals surface area contributed by atoms with Crippen molar-refractivity contribution < 1.29 is 27.1 Å². The number of aliphatic carboxylic acids is 1. The van der Waals surface area contributed by atoms with Crippen LogP contribution >= 0.6 is 15.9 Å². The second-order valence-electron chi connectivity index (χ2n) is 4.00. The van der Waals surface area contributed by atoms with Crippen LogP contribution in [0.1, 0.15) is 19.8 Å². The van der Waals surface area contributed by atoms with E-state index in [-0.39, 0.29) is 10.9 Å². The van der Waals surface area contributed by atoms with Gasteiger partial charge in [0.25, 0.3) is 0 Å². The van der Waals surface area contributed by atoms with E-state index in [0.29, 0.717) is 18.6 Å². The highest BCUT2D eigenvalue weighted by Gasteiger charge is 2.27. The van der Waals surface area contributed by atoms with Gasteiger partial charge in [-0.2, -0.15) is 4.72 Å². The van der Waals surface area contributed by atoms with Crippen molar-refractivity contribution in [3.05, 3.63) is 28.2 Å². The molecule has 1 aromatic carbocycles. The number of benzene rings is 1. The lowest BCUT2D eigenvalue weighted by Gasteiger charge is -2.14. The van der Waals surface area contributed by atoms with Crippen LogP contribution < -0.4 is 4.72 Å². The smallest absolute Gasteiger partial charge is 0.321 e. The molecule has 0 bridgehead atoms. The highest BCUT2D eigenvalue weighted by Crippen LogP contribution is 2.23. The maximum Gasteiger partial charge on any atom is 0.321 e. The van der Waals surface area contributed by atoms with E-state index in [4.69, 9.17) is 5.11 Å². The Morgan fingerprint density at radius 1 is 1.40 bits per heavy atom. The van der Waals surface area contributed by atoms with Crippen molar-refractivity contribution in [3.63, 3.8) is 0 Å². The number of carboxylic acids is 1. The fourth-order valence-electron chi connectivity index (χ4n) is 1.48. The minimum absolute atomic E-state index is 0.0369. The van der Waals surface area contributed by atoms with Crippen molar-refractivity contribution in [3.8, 4) is 0 Å². The van der Waals surface area contributed by atoms with Crippen LogP contribution in [0.2, 0.25) is 0 Å². The Bertz CT molecular complexity index is 621. The van der Waals surface area contributed by atoms with Gasteiger partial charge in [-0.15, -0.1) is 0 Å². The summed E-state index contributed by atoms with van der Waals surface area (Å²) >= 11 is 2.72. The predicted molar refractivity (Wildman–Crippen MR) is 70.7 cm³/mol. The normalized spacial score (nSPS) is 13.2. The van der Waals surface area contributed by atoms with Crippen LogP contribution in [-0.4, -0.2) is 25.5 Å². The van der Waals surface area contributed by atoms with Gasteiger partial charge in [0.15, 0.2) is 0 Å².